The standard InChI is InChI=1S/C29H31F3N2O4/c1-18(2)16-38-17-24(34-23-9-7-21(8-10-23)29(37)33-12-11-27(35)36)13-19-3-5-20(6-4-19)22-14-25(30)28(32)26(31)15-22/h3-10,14-15,18,24,34H,11-13,16-17H2,1-2H3,(H,33,37)(H,35,36)/t24-/m0/s1. The smallest absolute Gasteiger partial charge is 0.305 e. The molecule has 3 N–H and O–H groups in total. The third kappa shape index (κ3) is 8.62. The fraction of sp³-hybridized carbons (Fsp3) is 0.310. The maximum Gasteiger partial charge on any atom is 0.305 e. The Morgan fingerprint density at radius 3 is 2.11 bits per heavy atom. The van der Waals surface area contributed by atoms with Crippen molar-refractivity contribution in [2.24, 2.45) is 5.92 Å². The number of rotatable bonds is 13. The highest BCUT2D eigenvalue weighted by atomic mass is 19.2. The van der Waals surface area contributed by atoms with Crippen molar-refractivity contribution in [3.05, 3.63) is 89.2 Å². The molecule has 1 amide bonds. The summed E-state index contributed by atoms with van der Waals surface area (Å²) in [5.41, 5.74) is 2.95. The molecular weight excluding hydrogens is 497 g/mol. The minimum Gasteiger partial charge on any atom is -0.481 e. The summed E-state index contributed by atoms with van der Waals surface area (Å²) in [6.07, 6.45) is 0.435. The average molecular weight is 529 g/mol. The van der Waals surface area contributed by atoms with Gasteiger partial charge in [-0.15, -0.1) is 0 Å². The number of aliphatic carboxylic acids is 1. The quantitative estimate of drug-likeness (QED) is 0.249. The molecule has 9 heteroatoms. The van der Waals surface area contributed by atoms with Crippen LogP contribution in [0.2, 0.25) is 0 Å². The summed E-state index contributed by atoms with van der Waals surface area (Å²) < 4.78 is 46.4. The number of halogens is 3. The van der Waals surface area contributed by atoms with Crippen molar-refractivity contribution >= 4 is 17.6 Å². The molecule has 202 valence electrons. The van der Waals surface area contributed by atoms with Crippen molar-refractivity contribution in [3.63, 3.8) is 0 Å². The number of ether oxygens (including phenoxy) is 1. The Kier molecular flexibility index (Phi) is 10.3. The van der Waals surface area contributed by atoms with E-state index in [-0.39, 0.29) is 30.5 Å². The minimum atomic E-state index is -1.49. The van der Waals surface area contributed by atoms with Crippen molar-refractivity contribution in [2.75, 3.05) is 25.1 Å². The van der Waals surface area contributed by atoms with Crippen LogP contribution in [-0.4, -0.2) is 42.8 Å². The second-order valence-electron chi connectivity index (χ2n) is 9.40. The van der Waals surface area contributed by atoms with Crippen LogP contribution in [0, 0.1) is 23.4 Å². The Morgan fingerprint density at radius 1 is 0.895 bits per heavy atom. The Hall–Kier alpha value is -3.85. The van der Waals surface area contributed by atoms with E-state index in [1.54, 1.807) is 36.4 Å². The third-order valence-corrected chi connectivity index (χ3v) is 5.67. The van der Waals surface area contributed by atoms with Gasteiger partial charge in [-0.1, -0.05) is 38.1 Å². The fourth-order valence-electron chi connectivity index (χ4n) is 3.78. The summed E-state index contributed by atoms with van der Waals surface area (Å²) in [4.78, 5) is 22.8. The third-order valence-electron chi connectivity index (χ3n) is 5.67. The van der Waals surface area contributed by atoms with E-state index in [0.29, 0.717) is 36.7 Å². The van der Waals surface area contributed by atoms with Gasteiger partial charge in [0, 0.05) is 24.4 Å². The summed E-state index contributed by atoms with van der Waals surface area (Å²) >= 11 is 0. The number of carboxylic acid groups (broad SMARTS) is 1. The zero-order chi connectivity index (χ0) is 27.7. The molecule has 0 unspecified atom stereocenters. The van der Waals surface area contributed by atoms with Crippen molar-refractivity contribution in [1.82, 2.24) is 5.32 Å². The van der Waals surface area contributed by atoms with Gasteiger partial charge in [0.25, 0.3) is 5.91 Å². The lowest BCUT2D eigenvalue weighted by molar-refractivity contribution is -0.136. The van der Waals surface area contributed by atoms with E-state index in [1.165, 1.54) is 0 Å². The van der Waals surface area contributed by atoms with Crippen LogP contribution in [0.5, 0.6) is 0 Å². The van der Waals surface area contributed by atoms with Crippen molar-refractivity contribution in [2.45, 2.75) is 32.7 Å². The van der Waals surface area contributed by atoms with E-state index >= 15 is 0 Å². The van der Waals surface area contributed by atoms with Gasteiger partial charge in [0.15, 0.2) is 17.5 Å². The molecule has 0 radical (unpaired) electrons. The lowest BCUT2D eigenvalue weighted by Crippen LogP contribution is -2.29. The maximum atomic E-state index is 13.6. The van der Waals surface area contributed by atoms with E-state index in [2.05, 4.69) is 24.5 Å². The molecule has 3 rings (SSSR count). The van der Waals surface area contributed by atoms with Crippen LogP contribution in [-0.2, 0) is 16.0 Å². The highest BCUT2D eigenvalue weighted by Gasteiger charge is 2.14. The average Bonchev–Trinajstić information content (AvgIpc) is 2.87. The number of carbonyl (C=O) groups excluding carboxylic acids is 1. The van der Waals surface area contributed by atoms with Crippen LogP contribution in [0.15, 0.2) is 60.7 Å². The fourth-order valence-corrected chi connectivity index (χ4v) is 3.78. The first-order valence-electron chi connectivity index (χ1n) is 12.3. The van der Waals surface area contributed by atoms with Crippen molar-refractivity contribution in [3.8, 4) is 11.1 Å². The molecule has 3 aromatic carbocycles. The van der Waals surface area contributed by atoms with Gasteiger partial charge in [-0.25, -0.2) is 13.2 Å². The number of amides is 1. The van der Waals surface area contributed by atoms with E-state index in [1.807, 2.05) is 12.1 Å². The second-order valence-corrected chi connectivity index (χ2v) is 9.40. The Morgan fingerprint density at radius 2 is 1.53 bits per heavy atom. The van der Waals surface area contributed by atoms with Crippen LogP contribution in [0.3, 0.4) is 0 Å². The normalized spacial score (nSPS) is 11.8. The zero-order valence-corrected chi connectivity index (χ0v) is 21.3. The lowest BCUT2D eigenvalue weighted by Gasteiger charge is -2.21. The molecule has 1 atom stereocenters. The van der Waals surface area contributed by atoms with E-state index in [0.717, 1.165) is 23.4 Å². The predicted octanol–water partition coefficient (Wildman–Crippen LogP) is 5.67. The molecule has 6 nitrogen and oxygen atoms in total. The zero-order valence-electron chi connectivity index (χ0n) is 21.3. The molecule has 0 heterocycles. The lowest BCUT2D eigenvalue weighted by atomic mass is 10.00. The van der Waals surface area contributed by atoms with Gasteiger partial charge in [-0.05, 0) is 65.4 Å². The summed E-state index contributed by atoms with van der Waals surface area (Å²) in [6.45, 7) is 5.18. The van der Waals surface area contributed by atoms with Gasteiger partial charge < -0.3 is 20.5 Å². The molecule has 0 fully saturated rings. The monoisotopic (exact) mass is 528 g/mol. The number of benzene rings is 3. The van der Waals surface area contributed by atoms with Crippen molar-refractivity contribution in [1.29, 1.82) is 0 Å². The SMILES string of the molecule is CC(C)COC[C@H](Cc1ccc(-c2cc(F)c(F)c(F)c2)cc1)Nc1ccc(C(=O)NCCC(=O)O)cc1. The van der Waals surface area contributed by atoms with Crippen LogP contribution in [0.25, 0.3) is 11.1 Å². The number of carboxylic acids is 1. The minimum absolute atomic E-state index is 0.0489. The first-order valence-corrected chi connectivity index (χ1v) is 12.3. The highest BCUT2D eigenvalue weighted by molar-refractivity contribution is 5.94. The number of carbonyl (C=O) groups is 2. The summed E-state index contributed by atoms with van der Waals surface area (Å²) in [6, 6.07) is 15.8. The predicted molar refractivity (Wildman–Crippen MR) is 140 cm³/mol. The molecule has 0 saturated carbocycles. The van der Waals surface area contributed by atoms with Crippen LogP contribution in [0.4, 0.5) is 18.9 Å². The van der Waals surface area contributed by atoms with Crippen LogP contribution < -0.4 is 10.6 Å². The Balaban J connectivity index is 1.67. The molecule has 38 heavy (non-hydrogen) atoms. The summed E-state index contributed by atoms with van der Waals surface area (Å²) in [5.74, 6) is -4.93. The van der Waals surface area contributed by atoms with Gasteiger partial charge in [0.1, 0.15) is 0 Å². The number of hydrogen-bond donors (Lipinski definition) is 3. The maximum absolute atomic E-state index is 13.6. The van der Waals surface area contributed by atoms with Crippen LogP contribution >= 0.6 is 0 Å². The van der Waals surface area contributed by atoms with Gasteiger partial charge >= 0.3 is 5.97 Å². The topological polar surface area (TPSA) is 87.7 Å². The van der Waals surface area contributed by atoms with E-state index in [4.69, 9.17) is 9.84 Å². The van der Waals surface area contributed by atoms with Crippen LogP contribution in [0.1, 0.15) is 36.2 Å². The number of anilines is 1. The van der Waals surface area contributed by atoms with Gasteiger partial charge in [0.05, 0.1) is 19.1 Å². The number of hydrogen-bond acceptors (Lipinski definition) is 4. The molecule has 0 bridgehead atoms. The molecular formula is C29H31F3N2O4. The van der Waals surface area contributed by atoms with E-state index in [9.17, 15) is 22.8 Å². The molecule has 0 spiro atoms. The molecule has 0 aromatic heterocycles. The molecule has 0 aliphatic heterocycles. The first-order chi connectivity index (χ1) is 18.1. The number of nitrogens with one attached hydrogen (secondary N) is 2. The Bertz CT molecular complexity index is 1210. The van der Waals surface area contributed by atoms with Gasteiger partial charge in [-0.3, -0.25) is 9.59 Å². The molecule has 0 saturated heterocycles. The molecule has 0 aliphatic carbocycles. The van der Waals surface area contributed by atoms with Gasteiger partial charge in [-0.2, -0.15) is 0 Å². The second kappa shape index (κ2) is 13.6. The largest absolute Gasteiger partial charge is 0.481 e. The first kappa shape index (κ1) is 28.7. The highest BCUT2D eigenvalue weighted by Crippen LogP contribution is 2.25. The van der Waals surface area contributed by atoms with Crippen molar-refractivity contribution < 1.29 is 32.6 Å². The Labute approximate surface area is 219 Å². The molecule has 3 aromatic rings. The molecule has 0 aliphatic rings. The van der Waals surface area contributed by atoms with E-state index < -0.39 is 23.4 Å². The summed E-state index contributed by atoms with van der Waals surface area (Å²) in [5, 5.41) is 14.7. The van der Waals surface area contributed by atoms with Gasteiger partial charge in [0.2, 0.25) is 0 Å². The summed E-state index contributed by atoms with van der Waals surface area (Å²) in [7, 11) is 0.